The Labute approximate surface area is 293 Å². The molecule has 0 aliphatic heterocycles. The number of carbonyl (C=O) groups is 4. The number of hydrogen-bond donors (Lipinski definition) is 5. The Bertz CT molecular complexity index is 1070. The highest BCUT2D eigenvalue weighted by atomic mass is 28.4. The van der Waals surface area contributed by atoms with Gasteiger partial charge in [0, 0.05) is 26.2 Å². The van der Waals surface area contributed by atoms with Gasteiger partial charge in [-0.25, -0.2) is 0 Å². The van der Waals surface area contributed by atoms with Crippen LogP contribution in [-0.2, 0) is 19.2 Å². The first-order valence-electron chi connectivity index (χ1n) is 17.4. The van der Waals surface area contributed by atoms with Crippen molar-refractivity contribution in [3.63, 3.8) is 0 Å². The van der Waals surface area contributed by atoms with E-state index in [9.17, 15) is 38.7 Å². The minimum absolute atomic E-state index is 0.00794. The largest absolute Gasteiger partial charge is 0.481 e. The van der Waals surface area contributed by atoms with Crippen LogP contribution in [0.4, 0.5) is 0 Å². The van der Waals surface area contributed by atoms with Crippen molar-refractivity contribution in [3.8, 4) is 0 Å². The molecule has 0 saturated heterocycles. The number of carboxylic acids is 1. The van der Waals surface area contributed by atoms with Crippen LogP contribution < -0.4 is 5.73 Å². The summed E-state index contributed by atoms with van der Waals surface area (Å²) in [5.41, 5.74) is 5.71. The zero-order chi connectivity index (χ0) is 37.9. The van der Waals surface area contributed by atoms with Crippen molar-refractivity contribution in [1.82, 2.24) is 14.7 Å². The second kappa shape index (κ2) is 18.6. The SMILES string of the molecule is CC(C)(CCCN(CCC(=O)O)C(=O)CN(CCCC(C)(C)[Si](C)(C)O)C(=O)CN(CCCC(C)(C)[Si](C)(C)O)C(=O)CN)[Si](C)(C)O. The third kappa shape index (κ3) is 15.5. The van der Waals surface area contributed by atoms with Crippen molar-refractivity contribution in [2.75, 3.05) is 45.8 Å². The van der Waals surface area contributed by atoms with Gasteiger partial charge in [-0.1, -0.05) is 41.5 Å². The molecule has 6 N–H and O–H groups in total. The molecule has 0 aromatic heterocycles. The van der Waals surface area contributed by atoms with Gasteiger partial charge in [-0.05, 0) is 92.9 Å². The Kier molecular flexibility index (Phi) is 17.9. The maximum absolute atomic E-state index is 13.9. The van der Waals surface area contributed by atoms with Gasteiger partial charge in [0.25, 0.3) is 0 Å². The van der Waals surface area contributed by atoms with Crippen LogP contribution in [-0.4, -0.2) is 129 Å². The van der Waals surface area contributed by atoms with E-state index in [0.29, 0.717) is 38.5 Å². The molecular formula is C33H70N4O8Si3. The average molecular weight is 735 g/mol. The lowest BCUT2D eigenvalue weighted by Gasteiger charge is -2.37. The monoisotopic (exact) mass is 734 g/mol. The Balaban J connectivity index is 6.11. The van der Waals surface area contributed by atoms with E-state index in [1.807, 2.05) is 80.8 Å². The van der Waals surface area contributed by atoms with Gasteiger partial charge in [-0.2, -0.15) is 0 Å². The molecule has 0 saturated carbocycles. The molecule has 0 fully saturated rings. The molecule has 0 unspecified atom stereocenters. The summed E-state index contributed by atoms with van der Waals surface area (Å²) in [6.07, 6.45) is 3.36. The number of nitrogens with zero attached hydrogens (tertiary/aromatic N) is 3. The second-order valence-electron chi connectivity index (χ2n) is 17.0. The molecule has 0 spiro atoms. The molecule has 12 nitrogen and oxygen atoms in total. The standard InChI is InChI=1S/C33H70N4O8Si3/c1-31(2,46(7,8)43)17-13-20-35(23-16-30(41)42)28(39)25-37(22-15-19-33(5,6)48(11,12)45)29(40)26-36(27(38)24-34)21-14-18-32(3,4)47(9,10)44/h43-45H,13-26,34H2,1-12H3,(H,41,42). The van der Waals surface area contributed by atoms with E-state index in [1.165, 1.54) is 14.7 Å². The van der Waals surface area contributed by atoms with Gasteiger partial charge < -0.3 is 39.9 Å². The Morgan fingerprint density at radius 1 is 0.542 bits per heavy atom. The van der Waals surface area contributed by atoms with Crippen LogP contribution in [0, 0.1) is 0 Å². The molecule has 3 amide bonds. The summed E-state index contributed by atoms with van der Waals surface area (Å²) in [6, 6.07) is 0. The van der Waals surface area contributed by atoms with E-state index in [1.54, 1.807) is 0 Å². The fraction of sp³-hybridized carbons (Fsp3) is 0.879. The molecule has 0 heterocycles. The van der Waals surface area contributed by atoms with Crippen molar-refractivity contribution in [2.45, 2.75) is 141 Å². The molecule has 0 aliphatic carbocycles. The van der Waals surface area contributed by atoms with Crippen LogP contribution in [0.5, 0.6) is 0 Å². The molecule has 48 heavy (non-hydrogen) atoms. The Hall–Kier alpha value is -1.63. The minimum Gasteiger partial charge on any atom is -0.481 e. The second-order valence-corrected chi connectivity index (χ2v) is 30.4. The van der Waals surface area contributed by atoms with Crippen LogP contribution in [0.1, 0.15) is 86.5 Å². The van der Waals surface area contributed by atoms with Gasteiger partial charge >= 0.3 is 5.97 Å². The normalized spacial score (nSPS) is 13.3. The van der Waals surface area contributed by atoms with Crippen LogP contribution in [0.25, 0.3) is 0 Å². The molecule has 15 heteroatoms. The Morgan fingerprint density at radius 2 is 0.833 bits per heavy atom. The van der Waals surface area contributed by atoms with Gasteiger partial charge in [0.2, 0.25) is 17.7 Å². The average Bonchev–Trinajstić information content (AvgIpc) is 2.90. The number of carboxylic acid groups (broad SMARTS) is 1. The first-order chi connectivity index (χ1) is 21.5. The third-order valence-corrected chi connectivity index (χ3v) is 21.8. The van der Waals surface area contributed by atoms with Crippen molar-refractivity contribution >= 4 is 48.6 Å². The number of carbonyl (C=O) groups excluding carboxylic acids is 3. The molecule has 0 aromatic carbocycles. The van der Waals surface area contributed by atoms with E-state index in [2.05, 4.69) is 0 Å². The maximum Gasteiger partial charge on any atom is 0.305 e. The Morgan fingerprint density at radius 3 is 1.12 bits per heavy atom. The lowest BCUT2D eigenvalue weighted by Crippen LogP contribution is -2.49. The van der Waals surface area contributed by atoms with Crippen LogP contribution in [0.3, 0.4) is 0 Å². The summed E-state index contributed by atoms with van der Waals surface area (Å²) in [5.74, 6) is -2.21. The highest BCUT2D eigenvalue weighted by Crippen LogP contribution is 2.41. The van der Waals surface area contributed by atoms with Crippen LogP contribution in [0.2, 0.25) is 54.4 Å². The molecule has 0 aromatic rings. The quantitative estimate of drug-likeness (QED) is 0.0961. The predicted molar refractivity (Wildman–Crippen MR) is 200 cm³/mol. The van der Waals surface area contributed by atoms with Crippen molar-refractivity contribution in [3.05, 3.63) is 0 Å². The summed E-state index contributed by atoms with van der Waals surface area (Å²) in [7, 11) is -7.47. The third-order valence-electron chi connectivity index (χ3n) is 11.1. The molecule has 0 aliphatic rings. The first kappa shape index (κ1) is 46.4. The van der Waals surface area contributed by atoms with Crippen molar-refractivity contribution in [2.24, 2.45) is 5.73 Å². The summed E-state index contributed by atoms with van der Waals surface area (Å²) < 4.78 is 0. The number of hydrogen-bond acceptors (Lipinski definition) is 8. The number of nitrogens with two attached hydrogens (primary N) is 1. The maximum atomic E-state index is 13.9. The molecule has 0 bridgehead atoms. The molecule has 282 valence electrons. The molecule has 0 radical (unpaired) electrons. The molecule has 0 atom stereocenters. The zero-order valence-corrected chi connectivity index (χ0v) is 35.2. The fourth-order valence-electron chi connectivity index (χ4n) is 4.88. The summed E-state index contributed by atoms with van der Waals surface area (Å²) in [6.45, 7) is 23.3. The van der Waals surface area contributed by atoms with Gasteiger partial charge in [0.1, 0.15) is 0 Å². The lowest BCUT2D eigenvalue weighted by molar-refractivity contribution is -0.144. The number of rotatable bonds is 23. The lowest BCUT2D eigenvalue weighted by atomic mass is 10.1. The first-order valence-corrected chi connectivity index (χ1v) is 26.3. The molecule has 0 rings (SSSR count). The van der Waals surface area contributed by atoms with Crippen LogP contribution >= 0.6 is 0 Å². The van der Waals surface area contributed by atoms with Gasteiger partial charge in [-0.15, -0.1) is 0 Å². The fourth-order valence-corrected chi connectivity index (χ4v) is 7.25. The van der Waals surface area contributed by atoms with Gasteiger partial charge in [-0.3, -0.25) is 19.2 Å². The predicted octanol–water partition coefficient (Wildman–Crippen LogP) is 4.18. The van der Waals surface area contributed by atoms with E-state index >= 15 is 0 Å². The van der Waals surface area contributed by atoms with Gasteiger partial charge in [0.15, 0.2) is 25.0 Å². The number of amides is 3. The summed E-state index contributed by atoms with van der Waals surface area (Å²) in [5, 5.41) is 8.42. The summed E-state index contributed by atoms with van der Waals surface area (Å²) in [4.78, 5) is 88.4. The number of aliphatic carboxylic acids is 1. The smallest absolute Gasteiger partial charge is 0.305 e. The summed E-state index contributed by atoms with van der Waals surface area (Å²) >= 11 is 0. The topological polar surface area (TPSA) is 185 Å². The molecular weight excluding hydrogens is 665 g/mol. The highest BCUT2D eigenvalue weighted by Gasteiger charge is 2.39. The van der Waals surface area contributed by atoms with E-state index in [4.69, 9.17) is 5.73 Å². The van der Waals surface area contributed by atoms with Crippen LogP contribution in [0.15, 0.2) is 0 Å². The highest BCUT2D eigenvalue weighted by molar-refractivity contribution is 6.73. The zero-order valence-electron chi connectivity index (χ0n) is 32.2. The van der Waals surface area contributed by atoms with Gasteiger partial charge in [0.05, 0.1) is 26.1 Å². The van der Waals surface area contributed by atoms with E-state index in [-0.39, 0.29) is 79.2 Å². The van der Waals surface area contributed by atoms with E-state index in [0.717, 1.165) is 0 Å². The van der Waals surface area contributed by atoms with E-state index < -0.39 is 36.8 Å². The minimum atomic E-state index is -2.52. The van der Waals surface area contributed by atoms with Crippen molar-refractivity contribution in [1.29, 1.82) is 0 Å². The van der Waals surface area contributed by atoms with Crippen molar-refractivity contribution < 1.29 is 38.7 Å².